The van der Waals surface area contributed by atoms with Crippen molar-refractivity contribution < 1.29 is 4.74 Å². The van der Waals surface area contributed by atoms with E-state index in [1.165, 1.54) is 0 Å². The fraction of sp³-hybridized carbons (Fsp3) is 0.125. The Hall–Kier alpha value is -4.13. The summed E-state index contributed by atoms with van der Waals surface area (Å²) in [5, 5.41) is 11.6. The predicted molar refractivity (Wildman–Crippen MR) is 121 cm³/mol. The molecule has 0 amide bonds. The lowest BCUT2D eigenvalue weighted by molar-refractivity contribution is 0.415. The van der Waals surface area contributed by atoms with Crippen molar-refractivity contribution in [1.29, 1.82) is 0 Å². The van der Waals surface area contributed by atoms with Gasteiger partial charge in [-0.1, -0.05) is 42.0 Å². The van der Waals surface area contributed by atoms with Crippen molar-refractivity contribution in [3.8, 4) is 28.4 Å². The van der Waals surface area contributed by atoms with Crippen LogP contribution in [0.3, 0.4) is 0 Å². The van der Waals surface area contributed by atoms with Crippen LogP contribution in [0, 0.1) is 6.92 Å². The van der Waals surface area contributed by atoms with Crippen molar-refractivity contribution in [2.75, 3.05) is 17.7 Å². The van der Waals surface area contributed by atoms with Crippen LogP contribution in [0.25, 0.3) is 22.6 Å². The van der Waals surface area contributed by atoms with Gasteiger partial charge in [0, 0.05) is 22.5 Å². The number of para-hydroxylation sites is 1. The highest BCUT2D eigenvalue weighted by Crippen LogP contribution is 2.34. The molecule has 0 aliphatic carbocycles. The highest BCUT2D eigenvalue weighted by Gasteiger charge is 2.26. The third-order valence-corrected chi connectivity index (χ3v) is 5.26. The molecule has 0 saturated heterocycles. The molecule has 0 radical (unpaired) electrons. The van der Waals surface area contributed by atoms with Crippen LogP contribution in [0.1, 0.15) is 11.9 Å². The number of hydrogen-bond donors (Lipinski definition) is 2. The van der Waals surface area contributed by atoms with Crippen molar-refractivity contribution in [2.45, 2.75) is 13.2 Å². The first-order valence-electron chi connectivity index (χ1n) is 9.97. The van der Waals surface area contributed by atoms with Gasteiger partial charge in [0.1, 0.15) is 5.75 Å². The summed E-state index contributed by atoms with van der Waals surface area (Å²) < 4.78 is 6.97. The molecule has 0 bridgehead atoms. The number of aryl methyl sites for hydroxylation is 1. The second kappa shape index (κ2) is 7.60. The minimum absolute atomic E-state index is 0.312. The van der Waals surface area contributed by atoms with Crippen LogP contribution in [0.15, 0.2) is 77.6 Å². The van der Waals surface area contributed by atoms with Crippen LogP contribution in [0.2, 0.25) is 0 Å². The summed E-state index contributed by atoms with van der Waals surface area (Å²) in [5.41, 5.74) is 4.40. The quantitative estimate of drug-likeness (QED) is 0.522. The Labute approximate surface area is 179 Å². The largest absolute Gasteiger partial charge is 0.497 e. The van der Waals surface area contributed by atoms with Crippen LogP contribution >= 0.6 is 0 Å². The van der Waals surface area contributed by atoms with Gasteiger partial charge in [-0.3, -0.25) is 4.79 Å². The van der Waals surface area contributed by atoms with Gasteiger partial charge >= 0.3 is 0 Å². The van der Waals surface area contributed by atoms with E-state index in [9.17, 15) is 4.79 Å². The molecule has 1 atom stereocenters. The molecule has 31 heavy (non-hydrogen) atoms. The zero-order valence-corrected chi connectivity index (χ0v) is 17.2. The average Bonchev–Trinajstić information content (AvgIpc) is 2.80. The number of nitrogens with one attached hydrogen (secondary N) is 2. The molecule has 3 aromatic carbocycles. The Morgan fingerprint density at radius 2 is 1.74 bits per heavy atom. The number of nitrogens with zero attached hydrogens (tertiary/aromatic N) is 3. The fourth-order valence-electron chi connectivity index (χ4n) is 3.61. The molecule has 0 saturated carbocycles. The van der Waals surface area contributed by atoms with Gasteiger partial charge in [-0.15, -0.1) is 0 Å². The van der Waals surface area contributed by atoms with E-state index in [1.54, 1.807) is 11.8 Å². The smallest absolute Gasteiger partial charge is 0.300 e. The normalized spacial score (nSPS) is 14.2. The molecule has 5 rings (SSSR count). The predicted octanol–water partition coefficient (Wildman–Crippen LogP) is 4.28. The lowest BCUT2D eigenvalue weighted by atomic mass is 10.1. The summed E-state index contributed by atoms with van der Waals surface area (Å²) in [6.45, 7) is 2.00. The number of methoxy groups -OCH3 is 1. The molecule has 1 aromatic heterocycles. The maximum absolute atomic E-state index is 12.9. The molecule has 0 spiro atoms. The molecule has 7 heteroatoms. The van der Waals surface area contributed by atoms with E-state index in [4.69, 9.17) is 9.84 Å². The maximum atomic E-state index is 12.9. The van der Waals surface area contributed by atoms with Crippen molar-refractivity contribution in [2.24, 2.45) is 0 Å². The van der Waals surface area contributed by atoms with Crippen molar-refractivity contribution in [1.82, 2.24) is 14.8 Å². The number of ether oxygens (including phenoxy) is 1. The minimum Gasteiger partial charge on any atom is -0.497 e. The van der Waals surface area contributed by atoms with Crippen molar-refractivity contribution in [3.63, 3.8) is 0 Å². The molecule has 2 heterocycles. The van der Waals surface area contributed by atoms with E-state index in [0.717, 1.165) is 33.8 Å². The van der Waals surface area contributed by atoms with Crippen molar-refractivity contribution >= 4 is 11.4 Å². The summed E-state index contributed by atoms with van der Waals surface area (Å²) in [7, 11) is 1.64. The van der Waals surface area contributed by atoms with Gasteiger partial charge in [-0.25, -0.2) is 4.68 Å². The Morgan fingerprint density at radius 1 is 1.00 bits per heavy atom. The lowest BCUT2D eigenvalue weighted by Crippen LogP contribution is -2.35. The SMILES string of the molecule is COc1ccc(N[C@@H]2Nc3ccccc3-c3nc(=O)c(-c4ccc(C)cc4)nn32)cc1. The number of anilines is 2. The number of benzene rings is 3. The first kappa shape index (κ1) is 18.9. The summed E-state index contributed by atoms with van der Waals surface area (Å²) in [6, 6.07) is 23.1. The van der Waals surface area contributed by atoms with E-state index in [1.807, 2.05) is 79.7 Å². The Balaban J connectivity index is 1.62. The van der Waals surface area contributed by atoms with E-state index in [2.05, 4.69) is 15.6 Å². The monoisotopic (exact) mass is 411 g/mol. The highest BCUT2D eigenvalue weighted by atomic mass is 16.5. The first-order chi connectivity index (χ1) is 15.1. The molecular formula is C24H21N5O2. The third-order valence-electron chi connectivity index (χ3n) is 5.26. The summed E-state index contributed by atoms with van der Waals surface area (Å²) >= 11 is 0. The molecule has 7 nitrogen and oxygen atoms in total. The van der Waals surface area contributed by atoms with E-state index in [-0.39, 0.29) is 5.56 Å². The first-order valence-corrected chi connectivity index (χ1v) is 9.97. The number of fused-ring (bicyclic) bond motifs is 3. The Bertz CT molecular complexity index is 1300. The van der Waals surface area contributed by atoms with Gasteiger partial charge in [0.05, 0.1) is 7.11 Å². The summed E-state index contributed by atoms with van der Waals surface area (Å²) in [4.78, 5) is 17.3. The minimum atomic E-state index is -0.435. The molecule has 154 valence electrons. The van der Waals surface area contributed by atoms with Gasteiger partial charge in [0.25, 0.3) is 5.56 Å². The fourth-order valence-corrected chi connectivity index (χ4v) is 3.61. The van der Waals surface area contributed by atoms with Crippen LogP contribution in [0.4, 0.5) is 11.4 Å². The Morgan fingerprint density at radius 3 is 2.48 bits per heavy atom. The molecule has 1 aliphatic rings. The highest BCUT2D eigenvalue weighted by molar-refractivity contribution is 5.76. The zero-order valence-electron chi connectivity index (χ0n) is 17.2. The van der Waals surface area contributed by atoms with Gasteiger partial charge in [0.15, 0.2) is 17.8 Å². The van der Waals surface area contributed by atoms with Gasteiger partial charge in [-0.2, -0.15) is 10.1 Å². The molecule has 2 N–H and O–H groups in total. The lowest BCUT2D eigenvalue weighted by Gasteiger charge is -2.31. The average molecular weight is 411 g/mol. The van der Waals surface area contributed by atoms with Crippen molar-refractivity contribution in [3.05, 3.63) is 88.7 Å². The second-order valence-corrected chi connectivity index (χ2v) is 7.37. The summed E-state index contributed by atoms with van der Waals surface area (Å²) in [6.07, 6.45) is -0.435. The Kier molecular flexibility index (Phi) is 4.63. The standard InChI is InChI=1S/C24H21N5O2/c1-15-7-9-16(10-8-15)21-23(30)27-22-19-5-3-4-6-20(19)26-24(29(22)28-21)25-17-11-13-18(31-2)14-12-17/h3-14,24-26H,1-2H3/t24-/m1/s1. The molecule has 4 aromatic rings. The van der Waals surface area contributed by atoms with Crippen LogP contribution in [0.5, 0.6) is 5.75 Å². The summed E-state index contributed by atoms with van der Waals surface area (Å²) in [5.74, 6) is 1.29. The number of rotatable bonds is 4. The van der Waals surface area contributed by atoms with Gasteiger partial charge in [-0.05, 0) is 43.3 Å². The molecule has 0 fully saturated rings. The molecule has 1 aliphatic heterocycles. The van der Waals surface area contributed by atoms with E-state index < -0.39 is 6.29 Å². The number of aromatic nitrogens is 3. The second-order valence-electron chi connectivity index (χ2n) is 7.37. The van der Waals surface area contributed by atoms with Gasteiger partial charge in [0.2, 0.25) is 0 Å². The van der Waals surface area contributed by atoms with E-state index >= 15 is 0 Å². The third kappa shape index (κ3) is 3.50. The maximum Gasteiger partial charge on any atom is 0.300 e. The molecule has 0 unspecified atom stereocenters. The topological polar surface area (TPSA) is 81.1 Å². The van der Waals surface area contributed by atoms with Gasteiger partial charge < -0.3 is 15.4 Å². The molecular weight excluding hydrogens is 390 g/mol. The van der Waals surface area contributed by atoms with E-state index in [0.29, 0.717) is 11.5 Å². The van der Waals surface area contributed by atoms with Crippen LogP contribution < -0.4 is 20.9 Å². The zero-order chi connectivity index (χ0) is 21.4. The van der Waals surface area contributed by atoms with Crippen LogP contribution in [-0.2, 0) is 0 Å². The van der Waals surface area contributed by atoms with Crippen LogP contribution in [-0.4, -0.2) is 21.9 Å². The number of hydrogen-bond acceptors (Lipinski definition) is 6.